The molecule has 2 rings (SSSR count). The average molecular weight is 284 g/mol. The van der Waals surface area contributed by atoms with Gasteiger partial charge in [0.1, 0.15) is 6.29 Å². The molecule has 18 heavy (non-hydrogen) atoms. The number of benzene rings is 1. The van der Waals surface area contributed by atoms with Crippen molar-refractivity contribution in [3.05, 3.63) is 45.5 Å². The van der Waals surface area contributed by atoms with Crippen LogP contribution in [-0.2, 0) is 11.3 Å². The Morgan fingerprint density at radius 1 is 1.17 bits per heavy atom. The first-order chi connectivity index (χ1) is 8.70. The van der Waals surface area contributed by atoms with Crippen molar-refractivity contribution in [1.82, 2.24) is 4.90 Å². The number of carbonyl (C=O) groups is 1. The third-order valence-corrected chi connectivity index (χ3v) is 3.99. The molecular formula is C14H15Cl2NO. The fourth-order valence-corrected chi connectivity index (χ4v) is 2.51. The molecule has 0 saturated heterocycles. The van der Waals surface area contributed by atoms with Gasteiger partial charge in [0.15, 0.2) is 0 Å². The van der Waals surface area contributed by atoms with Gasteiger partial charge in [0.05, 0.1) is 0 Å². The van der Waals surface area contributed by atoms with Gasteiger partial charge in [-0.25, -0.2) is 0 Å². The summed E-state index contributed by atoms with van der Waals surface area (Å²) in [7, 11) is 0. The SMILES string of the molecule is O=CC1=C(Cl)CCN(Cc2ccccc2Cl)CC1. The molecule has 4 heteroatoms. The molecule has 0 bridgehead atoms. The molecule has 0 saturated carbocycles. The van der Waals surface area contributed by atoms with Gasteiger partial charge in [0, 0.05) is 35.3 Å². The van der Waals surface area contributed by atoms with Crippen LogP contribution in [0.2, 0.25) is 5.02 Å². The van der Waals surface area contributed by atoms with E-state index in [1.165, 1.54) is 0 Å². The monoisotopic (exact) mass is 283 g/mol. The minimum Gasteiger partial charge on any atom is -0.298 e. The van der Waals surface area contributed by atoms with E-state index in [1.54, 1.807) is 0 Å². The van der Waals surface area contributed by atoms with Crippen molar-refractivity contribution >= 4 is 29.5 Å². The van der Waals surface area contributed by atoms with E-state index in [-0.39, 0.29) is 0 Å². The molecule has 0 unspecified atom stereocenters. The summed E-state index contributed by atoms with van der Waals surface area (Å²) in [5, 5.41) is 1.49. The van der Waals surface area contributed by atoms with Crippen LogP contribution in [0.3, 0.4) is 0 Å². The molecule has 0 N–H and O–H groups in total. The van der Waals surface area contributed by atoms with Gasteiger partial charge in [-0.1, -0.05) is 41.4 Å². The zero-order chi connectivity index (χ0) is 13.0. The number of hydrogen-bond donors (Lipinski definition) is 0. The van der Waals surface area contributed by atoms with Crippen LogP contribution in [0.15, 0.2) is 34.9 Å². The lowest BCUT2D eigenvalue weighted by Crippen LogP contribution is -2.24. The second-order valence-corrected chi connectivity index (χ2v) is 5.28. The van der Waals surface area contributed by atoms with Gasteiger partial charge in [-0.2, -0.15) is 0 Å². The Balaban J connectivity index is 2.01. The first-order valence-electron chi connectivity index (χ1n) is 5.99. The third kappa shape index (κ3) is 3.35. The van der Waals surface area contributed by atoms with Crippen molar-refractivity contribution in [2.45, 2.75) is 19.4 Å². The van der Waals surface area contributed by atoms with Gasteiger partial charge in [-0.05, 0) is 24.5 Å². The second kappa shape index (κ2) is 6.37. The zero-order valence-electron chi connectivity index (χ0n) is 10.0. The number of rotatable bonds is 3. The molecule has 1 aliphatic rings. The van der Waals surface area contributed by atoms with E-state index in [1.807, 2.05) is 24.3 Å². The maximum Gasteiger partial charge on any atom is 0.147 e. The molecular weight excluding hydrogens is 269 g/mol. The van der Waals surface area contributed by atoms with Gasteiger partial charge in [-0.15, -0.1) is 0 Å². The van der Waals surface area contributed by atoms with Gasteiger partial charge in [-0.3, -0.25) is 9.69 Å². The summed E-state index contributed by atoms with van der Waals surface area (Å²) in [6.45, 7) is 2.51. The van der Waals surface area contributed by atoms with Crippen LogP contribution in [0.1, 0.15) is 18.4 Å². The average Bonchev–Trinajstić information content (AvgIpc) is 2.55. The first-order valence-corrected chi connectivity index (χ1v) is 6.74. The predicted octanol–water partition coefficient (Wildman–Crippen LogP) is 3.63. The Hall–Kier alpha value is -0.830. The third-order valence-electron chi connectivity index (χ3n) is 3.19. The quantitative estimate of drug-likeness (QED) is 0.790. The van der Waals surface area contributed by atoms with E-state index in [0.29, 0.717) is 11.5 Å². The van der Waals surface area contributed by atoms with Gasteiger partial charge < -0.3 is 0 Å². The largest absolute Gasteiger partial charge is 0.298 e. The summed E-state index contributed by atoms with van der Waals surface area (Å²) < 4.78 is 0. The fraction of sp³-hybridized carbons (Fsp3) is 0.357. The van der Waals surface area contributed by atoms with E-state index < -0.39 is 0 Å². The Morgan fingerprint density at radius 2 is 1.89 bits per heavy atom. The van der Waals surface area contributed by atoms with Crippen molar-refractivity contribution in [2.75, 3.05) is 13.1 Å². The zero-order valence-corrected chi connectivity index (χ0v) is 11.5. The molecule has 96 valence electrons. The minimum absolute atomic E-state index is 0.701. The van der Waals surface area contributed by atoms with Crippen LogP contribution >= 0.6 is 23.2 Å². The molecule has 1 aromatic rings. The van der Waals surface area contributed by atoms with Crippen LogP contribution in [0.5, 0.6) is 0 Å². The standard InChI is InChI=1S/C14H15Cl2NO/c15-13-4-2-1-3-11(13)9-17-7-5-12(10-18)14(16)6-8-17/h1-4,10H,5-9H2. The number of nitrogens with zero attached hydrogens (tertiary/aromatic N) is 1. The molecule has 0 amide bonds. The van der Waals surface area contributed by atoms with Crippen molar-refractivity contribution in [1.29, 1.82) is 0 Å². The lowest BCUT2D eigenvalue weighted by molar-refractivity contribution is -0.105. The number of hydrogen-bond acceptors (Lipinski definition) is 2. The lowest BCUT2D eigenvalue weighted by atomic mass is 10.2. The highest BCUT2D eigenvalue weighted by molar-refractivity contribution is 6.31. The molecule has 0 spiro atoms. The van der Waals surface area contributed by atoms with E-state index in [9.17, 15) is 4.79 Å². The maximum atomic E-state index is 10.9. The predicted molar refractivity (Wildman–Crippen MR) is 74.9 cm³/mol. The molecule has 1 aromatic carbocycles. The molecule has 1 heterocycles. The van der Waals surface area contributed by atoms with Crippen molar-refractivity contribution < 1.29 is 4.79 Å². The summed E-state index contributed by atoms with van der Waals surface area (Å²) in [6.07, 6.45) is 2.33. The summed E-state index contributed by atoms with van der Waals surface area (Å²) >= 11 is 12.2. The van der Waals surface area contributed by atoms with Gasteiger partial charge >= 0.3 is 0 Å². The second-order valence-electron chi connectivity index (χ2n) is 4.42. The molecule has 2 nitrogen and oxygen atoms in total. The smallest absolute Gasteiger partial charge is 0.147 e. The molecule has 1 aliphatic heterocycles. The van der Waals surface area contributed by atoms with Crippen LogP contribution in [0.25, 0.3) is 0 Å². The van der Waals surface area contributed by atoms with Gasteiger partial charge in [0.2, 0.25) is 0 Å². The molecule has 0 atom stereocenters. The highest BCUT2D eigenvalue weighted by Gasteiger charge is 2.15. The topological polar surface area (TPSA) is 20.3 Å². The summed E-state index contributed by atoms with van der Waals surface area (Å²) in [4.78, 5) is 13.1. The molecule has 0 aromatic heterocycles. The molecule has 0 fully saturated rings. The first kappa shape index (κ1) is 13.6. The van der Waals surface area contributed by atoms with Crippen LogP contribution < -0.4 is 0 Å². The van der Waals surface area contributed by atoms with Crippen molar-refractivity contribution in [2.24, 2.45) is 0 Å². The highest BCUT2D eigenvalue weighted by atomic mass is 35.5. The summed E-state index contributed by atoms with van der Waals surface area (Å²) in [5.41, 5.74) is 1.85. The van der Waals surface area contributed by atoms with Gasteiger partial charge in [0.25, 0.3) is 0 Å². The maximum absolute atomic E-state index is 10.9. The Labute approximate surface area is 117 Å². The Morgan fingerprint density at radius 3 is 2.61 bits per heavy atom. The number of carbonyl (C=O) groups excluding carboxylic acids is 1. The van der Waals surface area contributed by atoms with Crippen molar-refractivity contribution in [3.63, 3.8) is 0 Å². The van der Waals surface area contributed by atoms with E-state index in [2.05, 4.69) is 4.90 Å². The lowest BCUT2D eigenvalue weighted by Gasteiger charge is -2.20. The summed E-state index contributed by atoms with van der Waals surface area (Å²) in [5.74, 6) is 0. The number of aldehydes is 1. The highest BCUT2D eigenvalue weighted by Crippen LogP contribution is 2.23. The fourth-order valence-electron chi connectivity index (χ4n) is 2.09. The van der Waals surface area contributed by atoms with E-state index in [0.717, 1.165) is 48.5 Å². The number of halogens is 2. The minimum atomic E-state index is 0.701. The van der Waals surface area contributed by atoms with E-state index >= 15 is 0 Å². The Kier molecular flexibility index (Phi) is 4.81. The van der Waals surface area contributed by atoms with Crippen LogP contribution in [0.4, 0.5) is 0 Å². The normalized spacial score (nSPS) is 17.7. The van der Waals surface area contributed by atoms with Crippen LogP contribution in [0, 0.1) is 0 Å². The Bertz CT molecular complexity index is 471. The molecule has 0 radical (unpaired) electrons. The molecule has 0 aliphatic carbocycles. The summed E-state index contributed by atoms with van der Waals surface area (Å²) in [6, 6.07) is 7.85. The van der Waals surface area contributed by atoms with E-state index in [4.69, 9.17) is 23.2 Å². The van der Waals surface area contributed by atoms with Crippen molar-refractivity contribution in [3.8, 4) is 0 Å². The van der Waals surface area contributed by atoms with Crippen LogP contribution in [-0.4, -0.2) is 24.3 Å².